The lowest BCUT2D eigenvalue weighted by Crippen LogP contribution is -2.09. The Balaban J connectivity index is 1.96. The van der Waals surface area contributed by atoms with E-state index in [1.165, 1.54) is 6.08 Å². The third-order valence-corrected chi connectivity index (χ3v) is 1.94. The predicted molar refractivity (Wildman–Crippen MR) is 62.7 cm³/mol. The van der Waals surface area contributed by atoms with Crippen LogP contribution in [0, 0.1) is 0 Å². The maximum Gasteiger partial charge on any atom is 0.270 e. The molecule has 0 unspecified atom stereocenters. The van der Waals surface area contributed by atoms with E-state index in [-0.39, 0.29) is 11.9 Å². The topological polar surface area (TPSA) is 110 Å². The number of nitrogens with two attached hydrogens (primary N) is 1. The summed E-state index contributed by atoms with van der Waals surface area (Å²) in [6.07, 6.45) is 3.04. The van der Waals surface area contributed by atoms with E-state index in [0.29, 0.717) is 5.69 Å². The molecule has 2 rings (SSSR count). The lowest BCUT2D eigenvalue weighted by Gasteiger charge is -1.95. The van der Waals surface area contributed by atoms with Gasteiger partial charge in [-0.1, -0.05) is 17.2 Å². The lowest BCUT2D eigenvalue weighted by atomic mass is 10.2. The van der Waals surface area contributed by atoms with Gasteiger partial charge in [0, 0.05) is 11.8 Å². The van der Waals surface area contributed by atoms with Crippen molar-refractivity contribution in [1.82, 2.24) is 20.6 Å². The number of benzene rings is 1. The molecule has 1 amide bonds. The Kier molecular flexibility index (Phi) is 3.10. The number of tetrazole rings is 1. The number of nitrogens with zero attached hydrogens (tertiary/aromatic N) is 3. The van der Waals surface area contributed by atoms with Gasteiger partial charge in [-0.2, -0.15) is 5.21 Å². The number of carbonyl (C=O) groups excluding carboxylic acids is 1. The van der Waals surface area contributed by atoms with E-state index in [2.05, 4.69) is 25.9 Å². The van der Waals surface area contributed by atoms with Crippen molar-refractivity contribution in [3.8, 4) is 0 Å². The molecule has 0 aliphatic rings. The molecule has 1 aromatic carbocycles. The van der Waals surface area contributed by atoms with Gasteiger partial charge in [0.25, 0.3) is 11.9 Å². The molecule has 7 nitrogen and oxygen atoms in total. The summed E-state index contributed by atoms with van der Waals surface area (Å²) in [4.78, 5) is 11.4. The first-order valence-electron chi connectivity index (χ1n) is 4.82. The maximum absolute atomic E-state index is 11.4. The summed E-state index contributed by atoms with van der Waals surface area (Å²) in [6, 6.07) is 7.15. The summed E-state index contributed by atoms with van der Waals surface area (Å²) < 4.78 is 0. The molecule has 0 saturated carbocycles. The number of carbonyl (C=O) groups is 1. The van der Waals surface area contributed by atoms with Crippen molar-refractivity contribution < 1.29 is 4.79 Å². The summed E-state index contributed by atoms with van der Waals surface area (Å²) in [6.45, 7) is 0. The fraction of sp³-hybridized carbons (Fsp3) is 0. The van der Waals surface area contributed by atoms with Crippen molar-refractivity contribution in [2.75, 3.05) is 11.1 Å². The molecular weight excluding hydrogens is 220 g/mol. The van der Waals surface area contributed by atoms with Crippen molar-refractivity contribution in [1.29, 1.82) is 0 Å². The lowest BCUT2D eigenvalue weighted by molar-refractivity contribution is -0.111. The van der Waals surface area contributed by atoms with Crippen LogP contribution in [0.25, 0.3) is 6.08 Å². The third-order valence-electron chi connectivity index (χ3n) is 1.94. The number of H-pyrrole nitrogens is 1. The van der Waals surface area contributed by atoms with Crippen LogP contribution in [0.4, 0.5) is 11.6 Å². The molecule has 0 spiro atoms. The predicted octanol–water partition coefficient (Wildman–Crippen LogP) is 0.434. The molecule has 0 aliphatic heterocycles. The molecule has 0 fully saturated rings. The number of hydrogen-bond donors (Lipinski definition) is 3. The van der Waals surface area contributed by atoms with Crippen molar-refractivity contribution in [3.63, 3.8) is 0 Å². The number of aromatic nitrogens is 4. The molecule has 0 aliphatic carbocycles. The number of amides is 1. The second-order valence-corrected chi connectivity index (χ2v) is 3.22. The monoisotopic (exact) mass is 230 g/mol. The fourth-order valence-electron chi connectivity index (χ4n) is 1.15. The van der Waals surface area contributed by atoms with E-state index < -0.39 is 0 Å². The SMILES string of the molecule is Nc1ccc(/C=C/C(=O)Nc2nn[nH]n2)cc1. The van der Waals surface area contributed by atoms with E-state index in [0.717, 1.165) is 5.56 Å². The number of nitrogens with one attached hydrogen (secondary N) is 2. The number of rotatable bonds is 3. The smallest absolute Gasteiger partial charge is 0.270 e. The Bertz CT molecular complexity index is 516. The summed E-state index contributed by atoms with van der Waals surface area (Å²) >= 11 is 0. The van der Waals surface area contributed by atoms with E-state index >= 15 is 0 Å². The number of nitrogen functional groups attached to an aromatic ring is 1. The molecule has 1 heterocycles. The second kappa shape index (κ2) is 4.88. The van der Waals surface area contributed by atoms with Crippen LogP contribution in [0.1, 0.15) is 5.56 Å². The molecule has 0 saturated heterocycles. The highest BCUT2D eigenvalue weighted by Gasteiger charge is 2.00. The summed E-state index contributed by atoms with van der Waals surface area (Å²) in [5.41, 5.74) is 7.10. The first kappa shape index (κ1) is 10.8. The molecule has 2 aromatic rings. The third kappa shape index (κ3) is 3.13. The Morgan fingerprint density at radius 1 is 1.35 bits per heavy atom. The molecule has 0 radical (unpaired) electrons. The van der Waals surface area contributed by atoms with E-state index in [9.17, 15) is 4.79 Å². The number of aromatic amines is 1. The van der Waals surface area contributed by atoms with Crippen LogP contribution in [0.15, 0.2) is 30.3 Å². The molecule has 17 heavy (non-hydrogen) atoms. The van der Waals surface area contributed by atoms with Crippen LogP contribution in [0.2, 0.25) is 0 Å². The van der Waals surface area contributed by atoms with E-state index in [4.69, 9.17) is 5.73 Å². The van der Waals surface area contributed by atoms with Crippen molar-refractivity contribution in [2.45, 2.75) is 0 Å². The van der Waals surface area contributed by atoms with Crippen LogP contribution >= 0.6 is 0 Å². The van der Waals surface area contributed by atoms with Crippen LogP contribution in [-0.2, 0) is 4.79 Å². The standard InChI is InChI=1S/C10H10N6O/c11-8-4-1-7(2-5-8)3-6-9(17)12-10-13-15-16-14-10/h1-6H,11H2,(H2,12,13,14,15,16,17)/b6-3+. The largest absolute Gasteiger partial charge is 0.399 e. The first-order chi connectivity index (χ1) is 8.24. The number of hydrogen-bond acceptors (Lipinski definition) is 5. The van der Waals surface area contributed by atoms with Crippen molar-refractivity contribution in [3.05, 3.63) is 35.9 Å². The summed E-state index contributed by atoms with van der Waals surface area (Å²) in [7, 11) is 0. The van der Waals surface area contributed by atoms with Gasteiger partial charge >= 0.3 is 0 Å². The van der Waals surface area contributed by atoms with Crippen molar-refractivity contribution in [2.24, 2.45) is 0 Å². The van der Waals surface area contributed by atoms with Crippen LogP contribution < -0.4 is 11.1 Å². The zero-order valence-electron chi connectivity index (χ0n) is 8.79. The van der Waals surface area contributed by atoms with Crippen LogP contribution in [0.5, 0.6) is 0 Å². The summed E-state index contributed by atoms with van der Waals surface area (Å²) in [5, 5.41) is 15.2. The van der Waals surface area contributed by atoms with Gasteiger partial charge < -0.3 is 5.73 Å². The quantitative estimate of drug-likeness (QED) is 0.523. The van der Waals surface area contributed by atoms with Gasteiger partial charge in [-0.25, -0.2) is 0 Å². The highest BCUT2D eigenvalue weighted by Crippen LogP contribution is 2.07. The Morgan fingerprint density at radius 3 is 2.76 bits per heavy atom. The molecule has 1 aromatic heterocycles. The van der Waals surface area contributed by atoms with Crippen molar-refractivity contribution >= 4 is 23.6 Å². The Labute approximate surface area is 96.7 Å². The van der Waals surface area contributed by atoms with Gasteiger partial charge in [0.2, 0.25) is 0 Å². The van der Waals surface area contributed by atoms with E-state index in [1.807, 2.05) is 12.1 Å². The second-order valence-electron chi connectivity index (χ2n) is 3.22. The molecule has 4 N–H and O–H groups in total. The summed E-state index contributed by atoms with van der Waals surface area (Å²) in [5.74, 6) is -0.194. The van der Waals surface area contributed by atoms with E-state index in [1.54, 1.807) is 18.2 Å². The molecule has 7 heteroatoms. The van der Waals surface area contributed by atoms with Gasteiger partial charge in [0.1, 0.15) is 0 Å². The minimum absolute atomic E-state index is 0.136. The zero-order valence-corrected chi connectivity index (χ0v) is 8.79. The van der Waals surface area contributed by atoms with Gasteiger partial charge in [-0.15, -0.1) is 5.10 Å². The zero-order chi connectivity index (χ0) is 12.1. The van der Waals surface area contributed by atoms with Gasteiger partial charge in [-0.3, -0.25) is 10.1 Å². The molecular formula is C10H10N6O. The minimum atomic E-state index is -0.330. The van der Waals surface area contributed by atoms with Gasteiger partial charge in [0.05, 0.1) is 0 Å². The minimum Gasteiger partial charge on any atom is -0.399 e. The normalized spacial score (nSPS) is 10.6. The molecule has 0 bridgehead atoms. The molecule has 86 valence electrons. The molecule has 0 atom stereocenters. The fourth-order valence-corrected chi connectivity index (χ4v) is 1.15. The average molecular weight is 230 g/mol. The highest BCUT2D eigenvalue weighted by molar-refractivity contribution is 6.00. The average Bonchev–Trinajstić information content (AvgIpc) is 2.81. The first-order valence-corrected chi connectivity index (χ1v) is 4.82. The van der Waals surface area contributed by atoms with Crippen LogP contribution in [0.3, 0.4) is 0 Å². The van der Waals surface area contributed by atoms with Crippen LogP contribution in [-0.4, -0.2) is 26.5 Å². The maximum atomic E-state index is 11.4. The highest BCUT2D eigenvalue weighted by atomic mass is 16.1. The van der Waals surface area contributed by atoms with Gasteiger partial charge in [-0.05, 0) is 29.0 Å². The number of anilines is 2. The Hall–Kier alpha value is -2.70. The van der Waals surface area contributed by atoms with Gasteiger partial charge in [0.15, 0.2) is 0 Å². The Morgan fingerprint density at radius 2 is 2.12 bits per heavy atom.